The maximum atomic E-state index is 12.4. The van der Waals surface area contributed by atoms with Gasteiger partial charge in [-0.15, -0.1) is 0 Å². The van der Waals surface area contributed by atoms with E-state index in [-0.39, 0.29) is 11.9 Å². The van der Waals surface area contributed by atoms with Crippen LogP contribution in [0, 0.1) is 0 Å². The summed E-state index contributed by atoms with van der Waals surface area (Å²) in [7, 11) is 0. The minimum atomic E-state index is -0.342. The van der Waals surface area contributed by atoms with Crippen LogP contribution in [0.4, 0.5) is 5.82 Å². The predicted molar refractivity (Wildman–Crippen MR) is 108 cm³/mol. The van der Waals surface area contributed by atoms with Gasteiger partial charge in [-0.1, -0.05) is 25.7 Å². The first kappa shape index (κ1) is 20.6. The molecule has 154 valence electrons. The van der Waals surface area contributed by atoms with Crippen LogP contribution in [0.25, 0.3) is 0 Å². The number of aromatic nitrogens is 1. The summed E-state index contributed by atoms with van der Waals surface area (Å²) in [4.78, 5) is 32.9. The molecule has 1 saturated heterocycles. The Bertz CT molecular complexity index is 634. The van der Waals surface area contributed by atoms with Gasteiger partial charge in [-0.3, -0.25) is 9.69 Å². The van der Waals surface area contributed by atoms with Crippen LogP contribution in [-0.4, -0.2) is 67.1 Å². The summed E-state index contributed by atoms with van der Waals surface area (Å²) >= 11 is 0. The van der Waals surface area contributed by atoms with Crippen LogP contribution in [0.2, 0.25) is 0 Å². The lowest BCUT2D eigenvalue weighted by molar-refractivity contribution is -0.123. The predicted octanol–water partition coefficient (Wildman–Crippen LogP) is 2.22. The fourth-order valence-electron chi connectivity index (χ4n) is 3.94. The van der Waals surface area contributed by atoms with Crippen LogP contribution in [0.5, 0.6) is 0 Å². The molecule has 1 aliphatic heterocycles. The van der Waals surface area contributed by atoms with Gasteiger partial charge in [-0.25, -0.2) is 9.78 Å². The number of carbonyl (C=O) groups excluding carboxylic acids is 2. The maximum absolute atomic E-state index is 12.4. The van der Waals surface area contributed by atoms with Crippen molar-refractivity contribution in [3.63, 3.8) is 0 Å². The van der Waals surface area contributed by atoms with Crippen molar-refractivity contribution < 1.29 is 14.3 Å². The first-order valence-electron chi connectivity index (χ1n) is 10.6. The van der Waals surface area contributed by atoms with E-state index in [1.807, 2.05) is 6.07 Å². The third kappa shape index (κ3) is 5.92. The third-order valence-corrected chi connectivity index (χ3v) is 5.54. The van der Waals surface area contributed by atoms with Gasteiger partial charge in [0.2, 0.25) is 5.91 Å². The number of pyridine rings is 1. The van der Waals surface area contributed by atoms with E-state index in [2.05, 4.69) is 20.1 Å². The van der Waals surface area contributed by atoms with Crippen LogP contribution in [0.1, 0.15) is 55.8 Å². The molecule has 3 rings (SSSR count). The number of piperazine rings is 1. The normalized spacial score (nSPS) is 19.1. The molecule has 2 aliphatic rings. The average molecular weight is 389 g/mol. The topological polar surface area (TPSA) is 74.8 Å². The Hall–Kier alpha value is -2.15. The Kier molecular flexibility index (Phi) is 7.65. The molecule has 0 radical (unpaired) electrons. The number of amides is 1. The van der Waals surface area contributed by atoms with Gasteiger partial charge in [0, 0.05) is 38.4 Å². The number of esters is 1. The lowest BCUT2D eigenvalue weighted by Gasteiger charge is -2.35. The molecule has 1 N–H and O–H groups in total. The van der Waals surface area contributed by atoms with Gasteiger partial charge in [-0.05, 0) is 31.9 Å². The molecular formula is C21H32N4O3. The fraction of sp³-hybridized carbons (Fsp3) is 0.667. The molecule has 0 bridgehead atoms. The summed E-state index contributed by atoms with van der Waals surface area (Å²) in [6, 6.07) is 3.98. The van der Waals surface area contributed by atoms with Crippen LogP contribution in [0.15, 0.2) is 18.3 Å². The van der Waals surface area contributed by atoms with E-state index < -0.39 is 0 Å². The fourth-order valence-corrected chi connectivity index (χ4v) is 3.94. The van der Waals surface area contributed by atoms with Crippen molar-refractivity contribution in [2.24, 2.45) is 0 Å². The van der Waals surface area contributed by atoms with E-state index in [9.17, 15) is 9.59 Å². The van der Waals surface area contributed by atoms with Gasteiger partial charge in [0.25, 0.3) is 0 Å². The largest absolute Gasteiger partial charge is 0.462 e. The molecule has 0 atom stereocenters. The Morgan fingerprint density at radius 1 is 1.11 bits per heavy atom. The third-order valence-electron chi connectivity index (χ3n) is 5.54. The zero-order valence-corrected chi connectivity index (χ0v) is 16.9. The molecule has 2 fully saturated rings. The molecule has 0 spiro atoms. The van der Waals surface area contributed by atoms with E-state index in [0.29, 0.717) is 24.8 Å². The highest BCUT2D eigenvalue weighted by Crippen LogP contribution is 2.17. The minimum Gasteiger partial charge on any atom is -0.462 e. The second-order valence-electron chi connectivity index (χ2n) is 7.64. The summed E-state index contributed by atoms with van der Waals surface area (Å²) in [5.41, 5.74) is 0.472. The zero-order chi connectivity index (χ0) is 19.8. The van der Waals surface area contributed by atoms with Crippen molar-refractivity contribution in [2.45, 2.75) is 51.5 Å². The number of anilines is 1. The molecule has 1 saturated carbocycles. The molecule has 1 aromatic rings. The zero-order valence-electron chi connectivity index (χ0n) is 16.9. The summed E-state index contributed by atoms with van der Waals surface area (Å²) < 4.78 is 4.99. The number of nitrogens with zero attached hydrogens (tertiary/aromatic N) is 3. The Labute approximate surface area is 167 Å². The number of hydrogen-bond acceptors (Lipinski definition) is 6. The van der Waals surface area contributed by atoms with Crippen molar-refractivity contribution in [3.05, 3.63) is 23.9 Å². The highest BCUT2D eigenvalue weighted by atomic mass is 16.5. The monoisotopic (exact) mass is 388 g/mol. The first-order valence-corrected chi connectivity index (χ1v) is 10.6. The number of rotatable bonds is 6. The molecular weight excluding hydrogens is 356 g/mol. The maximum Gasteiger partial charge on any atom is 0.339 e. The molecule has 0 aromatic carbocycles. The highest BCUT2D eigenvalue weighted by Gasteiger charge is 2.22. The van der Waals surface area contributed by atoms with E-state index in [1.54, 1.807) is 19.2 Å². The van der Waals surface area contributed by atoms with Gasteiger partial charge in [0.05, 0.1) is 18.7 Å². The van der Waals surface area contributed by atoms with Crippen molar-refractivity contribution in [1.29, 1.82) is 0 Å². The van der Waals surface area contributed by atoms with E-state index >= 15 is 0 Å². The lowest BCUT2D eigenvalue weighted by atomic mass is 10.1. The van der Waals surface area contributed by atoms with Gasteiger partial charge in [0.1, 0.15) is 5.82 Å². The van der Waals surface area contributed by atoms with Crippen LogP contribution in [0.3, 0.4) is 0 Å². The van der Waals surface area contributed by atoms with Crippen molar-refractivity contribution in [3.8, 4) is 0 Å². The van der Waals surface area contributed by atoms with Crippen LogP contribution >= 0.6 is 0 Å². The number of ether oxygens (including phenoxy) is 1. The smallest absolute Gasteiger partial charge is 0.339 e. The lowest BCUT2D eigenvalue weighted by Crippen LogP contribution is -2.50. The van der Waals surface area contributed by atoms with E-state index in [1.165, 1.54) is 25.7 Å². The molecule has 1 aliphatic carbocycles. The summed E-state index contributed by atoms with van der Waals surface area (Å²) in [6.07, 6.45) is 8.85. The Morgan fingerprint density at radius 2 is 1.82 bits per heavy atom. The second kappa shape index (κ2) is 10.4. The summed E-state index contributed by atoms with van der Waals surface area (Å²) in [5.74, 6) is 0.666. The SMILES string of the molecule is CCOC(=O)c1ccc(N2CCN(CC(=O)NC3CCCCCC3)CC2)nc1. The molecule has 1 amide bonds. The van der Waals surface area contributed by atoms with E-state index in [4.69, 9.17) is 4.74 Å². The number of nitrogens with one attached hydrogen (secondary N) is 1. The Morgan fingerprint density at radius 3 is 2.43 bits per heavy atom. The average Bonchev–Trinajstić information content (AvgIpc) is 2.97. The van der Waals surface area contributed by atoms with Gasteiger partial charge in [-0.2, -0.15) is 0 Å². The standard InChI is InChI=1S/C21H32N4O3/c1-2-28-21(27)17-9-10-19(22-15-17)25-13-11-24(12-14-25)16-20(26)23-18-7-5-3-4-6-8-18/h9-10,15,18H,2-8,11-14,16H2,1H3,(H,23,26). The number of carbonyl (C=O) groups is 2. The molecule has 1 aromatic heterocycles. The number of hydrogen-bond donors (Lipinski definition) is 1. The molecule has 7 nitrogen and oxygen atoms in total. The molecule has 28 heavy (non-hydrogen) atoms. The first-order chi connectivity index (χ1) is 13.7. The summed E-state index contributed by atoms with van der Waals surface area (Å²) in [6.45, 7) is 5.93. The highest BCUT2D eigenvalue weighted by molar-refractivity contribution is 5.89. The summed E-state index contributed by atoms with van der Waals surface area (Å²) in [5, 5.41) is 3.23. The molecule has 7 heteroatoms. The van der Waals surface area contributed by atoms with Crippen molar-refractivity contribution in [2.75, 3.05) is 44.2 Å². The van der Waals surface area contributed by atoms with Crippen molar-refractivity contribution >= 4 is 17.7 Å². The van der Waals surface area contributed by atoms with Crippen molar-refractivity contribution in [1.82, 2.24) is 15.2 Å². The van der Waals surface area contributed by atoms with Gasteiger partial charge in [0.15, 0.2) is 0 Å². The Balaban J connectivity index is 1.42. The molecule has 0 unspecified atom stereocenters. The van der Waals surface area contributed by atoms with E-state index in [0.717, 1.165) is 44.8 Å². The minimum absolute atomic E-state index is 0.150. The van der Waals surface area contributed by atoms with Gasteiger partial charge >= 0.3 is 5.97 Å². The van der Waals surface area contributed by atoms with Crippen LogP contribution in [-0.2, 0) is 9.53 Å². The molecule has 2 heterocycles. The van der Waals surface area contributed by atoms with Crippen LogP contribution < -0.4 is 10.2 Å². The van der Waals surface area contributed by atoms with Gasteiger partial charge < -0.3 is 15.0 Å². The quantitative estimate of drug-likeness (QED) is 0.595. The second-order valence-corrected chi connectivity index (χ2v) is 7.64.